The molecule has 0 amide bonds. The Morgan fingerprint density at radius 2 is 2.00 bits per heavy atom. The predicted molar refractivity (Wildman–Crippen MR) is 90.8 cm³/mol. The SMILES string of the molecule is N=C(S)NCc1ccccc1-c1ccc2sccc2c1. The van der Waals surface area contributed by atoms with E-state index in [1.165, 1.54) is 26.8 Å². The summed E-state index contributed by atoms with van der Waals surface area (Å²) < 4.78 is 1.31. The maximum atomic E-state index is 7.36. The van der Waals surface area contributed by atoms with Crippen molar-refractivity contribution in [2.24, 2.45) is 0 Å². The molecule has 0 aliphatic heterocycles. The molecular formula is C16H14N2S2. The summed E-state index contributed by atoms with van der Waals surface area (Å²) in [4.78, 5) is 0. The molecule has 0 spiro atoms. The van der Waals surface area contributed by atoms with Crippen LogP contribution in [-0.2, 0) is 6.54 Å². The highest BCUT2D eigenvalue weighted by Gasteiger charge is 2.06. The van der Waals surface area contributed by atoms with Crippen molar-refractivity contribution >= 4 is 39.2 Å². The molecule has 0 aliphatic rings. The Labute approximate surface area is 127 Å². The number of rotatable bonds is 3. The number of thiol groups is 1. The number of thiophene rings is 1. The minimum absolute atomic E-state index is 0.188. The fraction of sp³-hybridized carbons (Fsp3) is 0.0625. The lowest BCUT2D eigenvalue weighted by atomic mass is 9.99. The zero-order chi connectivity index (χ0) is 13.9. The van der Waals surface area contributed by atoms with E-state index >= 15 is 0 Å². The smallest absolute Gasteiger partial charge is 0.150 e. The summed E-state index contributed by atoms with van der Waals surface area (Å²) in [7, 11) is 0. The van der Waals surface area contributed by atoms with E-state index in [1.54, 1.807) is 11.3 Å². The molecule has 0 saturated heterocycles. The Balaban J connectivity index is 2.01. The monoisotopic (exact) mass is 298 g/mol. The molecule has 0 fully saturated rings. The highest BCUT2D eigenvalue weighted by Crippen LogP contribution is 2.29. The minimum atomic E-state index is 0.188. The summed E-state index contributed by atoms with van der Waals surface area (Å²) in [6.07, 6.45) is 0. The zero-order valence-corrected chi connectivity index (χ0v) is 12.5. The Hall–Kier alpha value is -1.78. The molecule has 3 rings (SSSR count). The van der Waals surface area contributed by atoms with Crippen molar-refractivity contribution in [1.82, 2.24) is 5.32 Å². The molecule has 1 heterocycles. The van der Waals surface area contributed by atoms with Crippen LogP contribution in [0, 0.1) is 5.41 Å². The van der Waals surface area contributed by atoms with Gasteiger partial charge in [-0.2, -0.15) is 0 Å². The fourth-order valence-corrected chi connectivity index (χ4v) is 3.12. The van der Waals surface area contributed by atoms with E-state index in [4.69, 9.17) is 5.41 Å². The van der Waals surface area contributed by atoms with Gasteiger partial charge in [-0.05, 0) is 45.7 Å². The van der Waals surface area contributed by atoms with Gasteiger partial charge in [0.25, 0.3) is 0 Å². The lowest BCUT2D eigenvalue weighted by Gasteiger charge is -2.11. The van der Waals surface area contributed by atoms with Crippen LogP contribution in [0.3, 0.4) is 0 Å². The van der Waals surface area contributed by atoms with Gasteiger partial charge < -0.3 is 5.32 Å². The van der Waals surface area contributed by atoms with Gasteiger partial charge in [-0.15, -0.1) is 24.0 Å². The van der Waals surface area contributed by atoms with Crippen LogP contribution >= 0.6 is 24.0 Å². The van der Waals surface area contributed by atoms with Gasteiger partial charge in [0.15, 0.2) is 5.17 Å². The predicted octanol–water partition coefficient (Wildman–Crippen LogP) is 4.52. The number of hydrogen-bond donors (Lipinski definition) is 3. The maximum Gasteiger partial charge on any atom is 0.150 e. The second-order valence-corrected chi connectivity index (χ2v) is 5.93. The highest BCUT2D eigenvalue weighted by molar-refractivity contribution is 7.96. The molecule has 0 atom stereocenters. The first-order chi connectivity index (χ1) is 9.74. The number of amidine groups is 1. The topological polar surface area (TPSA) is 35.9 Å². The van der Waals surface area contributed by atoms with Crippen molar-refractivity contribution < 1.29 is 0 Å². The minimum Gasteiger partial charge on any atom is -0.361 e. The third-order valence-corrected chi connectivity index (χ3v) is 4.28. The zero-order valence-electron chi connectivity index (χ0n) is 10.8. The molecule has 4 heteroatoms. The Morgan fingerprint density at radius 1 is 1.15 bits per heavy atom. The molecule has 0 saturated carbocycles. The van der Waals surface area contributed by atoms with Crippen molar-refractivity contribution in [3.63, 3.8) is 0 Å². The van der Waals surface area contributed by atoms with Gasteiger partial charge in [0, 0.05) is 11.2 Å². The van der Waals surface area contributed by atoms with E-state index in [9.17, 15) is 0 Å². The summed E-state index contributed by atoms with van der Waals surface area (Å²) in [5.74, 6) is 0. The molecule has 0 unspecified atom stereocenters. The van der Waals surface area contributed by atoms with E-state index in [0.29, 0.717) is 6.54 Å². The number of fused-ring (bicyclic) bond motifs is 1. The summed E-state index contributed by atoms with van der Waals surface area (Å²) >= 11 is 5.72. The number of benzene rings is 2. The van der Waals surface area contributed by atoms with Gasteiger partial charge >= 0.3 is 0 Å². The van der Waals surface area contributed by atoms with Crippen LogP contribution in [0.15, 0.2) is 53.9 Å². The second kappa shape index (κ2) is 5.69. The largest absolute Gasteiger partial charge is 0.361 e. The van der Waals surface area contributed by atoms with Crippen LogP contribution in [0.5, 0.6) is 0 Å². The normalized spacial score (nSPS) is 10.7. The van der Waals surface area contributed by atoms with Gasteiger partial charge in [0.2, 0.25) is 0 Å². The molecule has 20 heavy (non-hydrogen) atoms. The van der Waals surface area contributed by atoms with Gasteiger partial charge in [-0.3, -0.25) is 5.41 Å². The average molecular weight is 298 g/mol. The summed E-state index contributed by atoms with van der Waals surface area (Å²) in [6, 6.07) is 17.0. The van der Waals surface area contributed by atoms with Crippen LogP contribution in [-0.4, -0.2) is 5.17 Å². The maximum absolute atomic E-state index is 7.36. The van der Waals surface area contributed by atoms with Crippen LogP contribution in [0.2, 0.25) is 0 Å². The Kier molecular flexibility index (Phi) is 3.76. The lowest BCUT2D eigenvalue weighted by Crippen LogP contribution is -2.16. The van der Waals surface area contributed by atoms with Crippen molar-refractivity contribution in [2.45, 2.75) is 6.54 Å². The third-order valence-electron chi connectivity index (χ3n) is 3.23. The molecule has 2 N–H and O–H groups in total. The van der Waals surface area contributed by atoms with E-state index in [0.717, 1.165) is 0 Å². The van der Waals surface area contributed by atoms with Crippen molar-refractivity contribution in [2.75, 3.05) is 0 Å². The first-order valence-electron chi connectivity index (χ1n) is 6.31. The van der Waals surface area contributed by atoms with Gasteiger partial charge in [0.1, 0.15) is 0 Å². The first kappa shape index (κ1) is 13.2. The Morgan fingerprint density at radius 3 is 2.85 bits per heavy atom. The molecule has 0 aliphatic carbocycles. The molecule has 100 valence electrons. The van der Waals surface area contributed by atoms with Gasteiger partial charge in [0.05, 0.1) is 0 Å². The second-order valence-electron chi connectivity index (χ2n) is 4.53. The summed E-state index contributed by atoms with van der Waals surface area (Å²) in [5, 5.41) is 13.9. The molecule has 0 radical (unpaired) electrons. The van der Waals surface area contributed by atoms with E-state index in [-0.39, 0.29) is 5.17 Å². The van der Waals surface area contributed by atoms with Crippen molar-refractivity contribution in [3.8, 4) is 11.1 Å². The quantitative estimate of drug-likeness (QED) is 0.371. The lowest BCUT2D eigenvalue weighted by molar-refractivity contribution is 0.925. The fourth-order valence-electron chi connectivity index (χ4n) is 2.27. The number of nitrogens with one attached hydrogen (secondary N) is 2. The molecule has 2 aromatic carbocycles. The molecule has 1 aromatic heterocycles. The van der Waals surface area contributed by atoms with Gasteiger partial charge in [-0.25, -0.2) is 0 Å². The summed E-state index contributed by atoms with van der Waals surface area (Å²) in [5.41, 5.74) is 3.57. The molecule has 3 aromatic rings. The van der Waals surface area contributed by atoms with Crippen LogP contribution in [0.4, 0.5) is 0 Å². The first-order valence-corrected chi connectivity index (χ1v) is 7.63. The van der Waals surface area contributed by atoms with E-state index < -0.39 is 0 Å². The van der Waals surface area contributed by atoms with E-state index in [1.807, 2.05) is 12.1 Å². The standard InChI is InChI=1S/C16H14N2S2/c17-16(19)18-10-13-3-1-2-4-14(13)11-5-6-15-12(9-11)7-8-20-15/h1-9H,10H2,(H3,17,18,19). The van der Waals surface area contributed by atoms with Crippen molar-refractivity contribution in [1.29, 1.82) is 5.41 Å². The molecule has 2 nitrogen and oxygen atoms in total. The highest BCUT2D eigenvalue weighted by atomic mass is 32.1. The Bertz CT molecular complexity index is 762. The average Bonchev–Trinajstić information content (AvgIpc) is 2.92. The van der Waals surface area contributed by atoms with Crippen LogP contribution in [0.25, 0.3) is 21.2 Å². The molecule has 0 bridgehead atoms. The van der Waals surface area contributed by atoms with E-state index in [2.05, 4.69) is 59.7 Å². The number of hydrogen-bond acceptors (Lipinski definition) is 2. The van der Waals surface area contributed by atoms with Crippen molar-refractivity contribution in [3.05, 3.63) is 59.5 Å². The van der Waals surface area contributed by atoms with Crippen LogP contribution < -0.4 is 5.32 Å². The third kappa shape index (κ3) is 2.71. The van der Waals surface area contributed by atoms with Crippen LogP contribution in [0.1, 0.15) is 5.56 Å². The molecular weight excluding hydrogens is 284 g/mol. The summed E-state index contributed by atoms with van der Waals surface area (Å²) in [6.45, 7) is 0.611. The van der Waals surface area contributed by atoms with Gasteiger partial charge in [-0.1, -0.05) is 30.3 Å².